The van der Waals surface area contributed by atoms with Gasteiger partial charge in [0, 0.05) is 13.1 Å². The van der Waals surface area contributed by atoms with Gasteiger partial charge in [0.1, 0.15) is 5.82 Å². The Labute approximate surface area is 131 Å². The first-order chi connectivity index (χ1) is 10.7. The van der Waals surface area contributed by atoms with Crippen LogP contribution >= 0.6 is 0 Å². The molecular weight excluding hydrogens is 280 g/mol. The van der Waals surface area contributed by atoms with Crippen LogP contribution in [0.2, 0.25) is 0 Å². The molecule has 3 heterocycles. The van der Waals surface area contributed by atoms with Gasteiger partial charge in [-0.1, -0.05) is 13.3 Å². The number of likely N-dealkylation sites (tertiary alicyclic amines) is 1. The van der Waals surface area contributed by atoms with E-state index >= 15 is 0 Å². The molecule has 0 saturated carbocycles. The molecule has 0 spiro atoms. The number of hydrogen-bond acceptors (Lipinski definition) is 5. The Bertz CT molecular complexity index is 543. The lowest BCUT2D eigenvalue weighted by Gasteiger charge is -2.35. The summed E-state index contributed by atoms with van der Waals surface area (Å²) in [6.45, 7) is 5.71. The molecule has 0 bridgehead atoms. The predicted octanol–water partition coefficient (Wildman–Crippen LogP) is 1.65. The summed E-state index contributed by atoms with van der Waals surface area (Å²) in [6.07, 6.45) is 4.04. The Morgan fingerprint density at radius 3 is 2.77 bits per heavy atom. The first-order valence-electron chi connectivity index (χ1n) is 8.16. The van der Waals surface area contributed by atoms with E-state index in [1.165, 1.54) is 19.3 Å². The van der Waals surface area contributed by atoms with Crippen LogP contribution in [0.15, 0.2) is 12.1 Å². The summed E-state index contributed by atoms with van der Waals surface area (Å²) < 4.78 is 5.75. The number of amides is 1. The Kier molecular flexibility index (Phi) is 4.47. The summed E-state index contributed by atoms with van der Waals surface area (Å²) in [7, 11) is 0. The van der Waals surface area contributed by atoms with Crippen molar-refractivity contribution in [3.63, 3.8) is 0 Å². The summed E-state index contributed by atoms with van der Waals surface area (Å²) in [6, 6.07) is 3.52. The number of rotatable bonds is 4. The Morgan fingerprint density at radius 2 is 2.05 bits per heavy atom. The largest absolute Gasteiger partial charge is 0.477 e. The molecule has 2 aliphatic heterocycles. The molecule has 3 rings (SSSR count). The molecule has 0 aliphatic carbocycles. The average Bonchev–Trinajstić information content (AvgIpc) is 2.54. The number of nitrogen functional groups attached to an aromatic ring is 1. The standard InChI is InChI=1S/C16H24N4O2/c1-2-12-16(21)20(11-10-19-8-4-3-5-9-19)15-13(22-12)6-7-14(17)18-15/h6-7,12H,2-5,8-11H2,1H3,(H2,17,18). The van der Waals surface area contributed by atoms with Crippen LogP contribution in [0.5, 0.6) is 5.75 Å². The summed E-state index contributed by atoms with van der Waals surface area (Å²) in [4.78, 5) is 21.1. The highest BCUT2D eigenvalue weighted by molar-refractivity contribution is 5.99. The minimum absolute atomic E-state index is 0.00916. The van der Waals surface area contributed by atoms with Crippen LogP contribution in [0.1, 0.15) is 32.6 Å². The molecule has 2 aliphatic rings. The number of piperidine rings is 1. The van der Waals surface area contributed by atoms with Crippen LogP contribution < -0.4 is 15.4 Å². The van der Waals surface area contributed by atoms with Crippen LogP contribution in [0.3, 0.4) is 0 Å². The minimum atomic E-state index is -0.417. The maximum absolute atomic E-state index is 12.6. The molecule has 22 heavy (non-hydrogen) atoms. The molecule has 1 aromatic rings. The Hall–Kier alpha value is -1.82. The van der Waals surface area contributed by atoms with Crippen LogP contribution in [0.25, 0.3) is 0 Å². The number of anilines is 2. The van der Waals surface area contributed by atoms with E-state index < -0.39 is 6.10 Å². The van der Waals surface area contributed by atoms with Crippen molar-refractivity contribution in [2.75, 3.05) is 36.8 Å². The number of aromatic nitrogens is 1. The van der Waals surface area contributed by atoms with Gasteiger partial charge in [-0.05, 0) is 44.5 Å². The van der Waals surface area contributed by atoms with Crippen molar-refractivity contribution in [1.82, 2.24) is 9.88 Å². The highest BCUT2D eigenvalue weighted by atomic mass is 16.5. The number of nitrogens with zero attached hydrogens (tertiary/aromatic N) is 3. The lowest BCUT2D eigenvalue weighted by Crippen LogP contribution is -2.49. The highest BCUT2D eigenvalue weighted by Crippen LogP contribution is 2.33. The smallest absolute Gasteiger partial charge is 0.269 e. The lowest BCUT2D eigenvalue weighted by molar-refractivity contribution is -0.126. The van der Waals surface area contributed by atoms with Crippen LogP contribution in [0.4, 0.5) is 11.6 Å². The first kappa shape index (κ1) is 15.1. The van der Waals surface area contributed by atoms with E-state index in [0.29, 0.717) is 30.4 Å². The van der Waals surface area contributed by atoms with E-state index in [0.717, 1.165) is 19.6 Å². The Balaban J connectivity index is 1.77. The zero-order valence-electron chi connectivity index (χ0n) is 13.1. The zero-order valence-corrected chi connectivity index (χ0v) is 13.1. The van der Waals surface area contributed by atoms with E-state index in [4.69, 9.17) is 10.5 Å². The molecule has 1 saturated heterocycles. The van der Waals surface area contributed by atoms with E-state index in [-0.39, 0.29) is 5.91 Å². The topological polar surface area (TPSA) is 71.7 Å². The van der Waals surface area contributed by atoms with Crippen molar-refractivity contribution < 1.29 is 9.53 Å². The maximum atomic E-state index is 12.6. The van der Waals surface area contributed by atoms with E-state index in [9.17, 15) is 4.79 Å². The van der Waals surface area contributed by atoms with Gasteiger partial charge in [-0.2, -0.15) is 0 Å². The van der Waals surface area contributed by atoms with E-state index in [2.05, 4.69) is 9.88 Å². The first-order valence-corrected chi connectivity index (χ1v) is 8.16. The second-order valence-electron chi connectivity index (χ2n) is 5.96. The summed E-state index contributed by atoms with van der Waals surface area (Å²) in [5.41, 5.74) is 5.78. The minimum Gasteiger partial charge on any atom is -0.477 e. The third-order valence-electron chi connectivity index (χ3n) is 4.39. The number of hydrogen-bond donors (Lipinski definition) is 1. The van der Waals surface area contributed by atoms with Gasteiger partial charge in [0.2, 0.25) is 0 Å². The van der Waals surface area contributed by atoms with Gasteiger partial charge >= 0.3 is 0 Å². The molecule has 0 aromatic carbocycles. The second-order valence-corrected chi connectivity index (χ2v) is 5.96. The van der Waals surface area contributed by atoms with Crippen LogP contribution in [-0.2, 0) is 4.79 Å². The van der Waals surface area contributed by atoms with Gasteiger partial charge in [0.15, 0.2) is 17.7 Å². The monoisotopic (exact) mass is 304 g/mol. The molecule has 6 heteroatoms. The maximum Gasteiger partial charge on any atom is 0.269 e. The normalized spacial score (nSPS) is 22.3. The van der Waals surface area contributed by atoms with Crippen molar-refractivity contribution >= 4 is 17.5 Å². The number of carbonyl (C=O) groups excluding carboxylic acids is 1. The van der Waals surface area contributed by atoms with E-state index in [1.807, 2.05) is 6.92 Å². The highest BCUT2D eigenvalue weighted by Gasteiger charge is 2.34. The van der Waals surface area contributed by atoms with Gasteiger partial charge in [0.25, 0.3) is 5.91 Å². The molecule has 6 nitrogen and oxygen atoms in total. The van der Waals surface area contributed by atoms with Gasteiger partial charge in [-0.15, -0.1) is 0 Å². The number of nitrogens with two attached hydrogens (primary N) is 1. The van der Waals surface area contributed by atoms with Gasteiger partial charge < -0.3 is 15.4 Å². The predicted molar refractivity (Wildman–Crippen MR) is 86.0 cm³/mol. The number of pyridine rings is 1. The van der Waals surface area contributed by atoms with Gasteiger partial charge in [0.05, 0.1) is 0 Å². The summed E-state index contributed by atoms with van der Waals surface area (Å²) in [5, 5.41) is 0. The van der Waals surface area contributed by atoms with Gasteiger partial charge in [-0.3, -0.25) is 9.69 Å². The van der Waals surface area contributed by atoms with Crippen LogP contribution in [0, 0.1) is 0 Å². The van der Waals surface area contributed by atoms with E-state index in [1.54, 1.807) is 17.0 Å². The average molecular weight is 304 g/mol. The molecular formula is C16H24N4O2. The fourth-order valence-electron chi connectivity index (χ4n) is 3.12. The van der Waals surface area contributed by atoms with Crippen LogP contribution in [-0.4, -0.2) is 48.1 Å². The molecule has 1 amide bonds. The molecule has 0 radical (unpaired) electrons. The second kappa shape index (κ2) is 6.52. The number of carbonyl (C=O) groups is 1. The van der Waals surface area contributed by atoms with Gasteiger partial charge in [-0.25, -0.2) is 4.98 Å². The van der Waals surface area contributed by atoms with Crippen molar-refractivity contribution in [2.24, 2.45) is 0 Å². The fourth-order valence-corrected chi connectivity index (χ4v) is 3.12. The third kappa shape index (κ3) is 3.02. The quantitative estimate of drug-likeness (QED) is 0.916. The summed E-state index contributed by atoms with van der Waals surface area (Å²) in [5.74, 6) is 1.61. The third-order valence-corrected chi connectivity index (χ3v) is 4.39. The fraction of sp³-hybridized carbons (Fsp3) is 0.625. The Morgan fingerprint density at radius 1 is 1.27 bits per heavy atom. The number of fused-ring (bicyclic) bond motifs is 1. The zero-order chi connectivity index (χ0) is 15.5. The molecule has 2 N–H and O–H groups in total. The SMILES string of the molecule is CCC1Oc2ccc(N)nc2N(CCN2CCCCC2)C1=O. The molecule has 1 aromatic heterocycles. The molecule has 1 fully saturated rings. The molecule has 1 unspecified atom stereocenters. The van der Waals surface area contributed by atoms with Crippen molar-refractivity contribution in [3.8, 4) is 5.75 Å². The summed E-state index contributed by atoms with van der Waals surface area (Å²) >= 11 is 0. The van der Waals surface area contributed by atoms with Crippen molar-refractivity contribution in [2.45, 2.75) is 38.7 Å². The van der Waals surface area contributed by atoms with Crippen molar-refractivity contribution in [3.05, 3.63) is 12.1 Å². The van der Waals surface area contributed by atoms with Crippen molar-refractivity contribution in [1.29, 1.82) is 0 Å². The molecule has 120 valence electrons. The number of ether oxygens (including phenoxy) is 1. The lowest BCUT2D eigenvalue weighted by atomic mass is 10.1. The molecule has 1 atom stereocenters.